The van der Waals surface area contributed by atoms with Crippen molar-refractivity contribution in [1.29, 1.82) is 0 Å². The summed E-state index contributed by atoms with van der Waals surface area (Å²) in [5.74, 6) is -0.615. The van der Waals surface area contributed by atoms with Crippen molar-refractivity contribution >= 4 is 26.8 Å². The van der Waals surface area contributed by atoms with Gasteiger partial charge in [-0.3, -0.25) is 9.71 Å². The van der Waals surface area contributed by atoms with Crippen molar-refractivity contribution in [3.8, 4) is 0 Å². The first-order valence-corrected chi connectivity index (χ1v) is 8.06. The molecule has 3 rings (SSSR count). The molecule has 1 heterocycles. The van der Waals surface area contributed by atoms with Crippen LogP contribution in [0.5, 0.6) is 0 Å². The Bertz CT molecular complexity index is 998. The van der Waals surface area contributed by atoms with E-state index in [4.69, 9.17) is 4.42 Å². The highest BCUT2D eigenvalue weighted by atomic mass is 32.2. The minimum absolute atomic E-state index is 0.0725. The Kier molecular flexibility index (Phi) is 3.29. The lowest BCUT2D eigenvalue weighted by molar-refractivity contribution is 0.554. The Morgan fingerprint density at radius 1 is 1.09 bits per heavy atom. The molecule has 0 fully saturated rings. The number of benzene rings is 2. The Morgan fingerprint density at radius 3 is 2.45 bits per heavy atom. The molecule has 0 spiro atoms. The molecule has 0 atom stereocenters. The van der Waals surface area contributed by atoms with Gasteiger partial charge in [-0.15, -0.1) is 0 Å². The lowest BCUT2D eigenvalue weighted by Gasteiger charge is -2.10. The number of nitrogens with one attached hydrogen (secondary N) is 2. The SMILES string of the molecule is Cc1ccc(NS(=O)(=O)c2cc3oc(=O)[nH]c3cc2C)cc1. The second-order valence-electron chi connectivity index (χ2n) is 5.10. The molecule has 0 amide bonds. The molecule has 2 N–H and O–H groups in total. The summed E-state index contributed by atoms with van der Waals surface area (Å²) < 4.78 is 32.5. The maximum atomic E-state index is 12.5. The third-order valence-electron chi connectivity index (χ3n) is 3.31. The highest BCUT2D eigenvalue weighted by Crippen LogP contribution is 2.23. The van der Waals surface area contributed by atoms with Gasteiger partial charge >= 0.3 is 5.76 Å². The molecular weight excluding hydrogens is 304 g/mol. The summed E-state index contributed by atoms with van der Waals surface area (Å²) in [5.41, 5.74) is 2.70. The van der Waals surface area contributed by atoms with Gasteiger partial charge in [0.15, 0.2) is 5.58 Å². The number of hydrogen-bond donors (Lipinski definition) is 2. The summed E-state index contributed by atoms with van der Waals surface area (Å²) in [7, 11) is -3.76. The summed E-state index contributed by atoms with van der Waals surface area (Å²) in [6, 6.07) is 9.94. The zero-order valence-electron chi connectivity index (χ0n) is 12.0. The zero-order valence-corrected chi connectivity index (χ0v) is 12.8. The number of aryl methyl sites for hydroxylation is 2. The van der Waals surface area contributed by atoms with Crippen LogP contribution in [0.15, 0.2) is 50.5 Å². The number of aromatic nitrogens is 1. The largest absolute Gasteiger partial charge is 0.417 e. The van der Waals surface area contributed by atoms with Crippen molar-refractivity contribution in [2.24, 2.45) is 0 Å². The molecule has 7 heteroatoms. The van der Waals surface area contributed by atoms with E-state index in [1.54, 1.807) is 25.1 Å². The second-order valence-corrected chi connectivity index (χ2v) is 6.75. The summed E-state index contributed by atoms with van der Waals surface area (Å²) >= 11 is 0. The minimum atomic E-state index is -3.76. The molecule has 2 aromatic carbocycles. The molecular formula is C15H14N2O4S. The van der Waals surface area contributed by atoms with E-state index < -0.39 is 15.8 Å². The van der Waals surface area contributed by atoms with E-state index in [1.165, 1.54) is 6.07 Å². The summed E-state index contributed by atoms with van der Waals surface area (Å²) in [6.45, 7) is 3.58. The van der Waals surface area contributed by atoms with Crippen LogP contribution in [0.2, 0.25) is 0 Å². The second kappa shape index (κ2) is 5.03. The average molecular weight is 318 g/mol. The Hall–Kier alpha value is -2.54. The topological polar surface area (TPSA) is 92.2 Å². The molecule has 0 aliphatic heterocycles. The minimum Gasteiger partial charge on any atom is -0.408 e. The van der Waals surface area contributed by atoms with Gasteiger partial charge in [-0.1, -0.05) is 17.7 Å². The Balaban J connectivity index is 2.06. The van der Waals surface area contributed by atoms with Gasteiger partial charge in [-0.2, -0.15) is 0 Å². The van der Waals surface area contributed by atoms with Gasteiger partial charge in [0.25, 0.3) is 10.0 Å². The van der Waals surface area contributed by atoms with Crippen LogP contribution < -0.4 is 10.5 Å². The van der Waals surface area contributed by atoms with E-state index in [9.17, 15) is 13.2 Å². The maximum Gasteiger partial charge on any atom is 0.417 e. The first-order valence-electron chi connectivity index (χ1n) is 6.58. The lowest BCUT2D eigenvalue weighted by atomic mass is 10.2. The standard InChI is InChI=1S/C15H14N2O4S/c1-9-3-5-11(6-4-9)17-22(19,20)14-8-13-12(7-10(14)2)16-15(18)21-13/h3-8,17H,1-2H3,(H,16,18). The number of rotatable bonds is 3. The quantitative estimate of drug-likeness (QED) is 0.776. The van der Waals surface area contributed by atoms with Gasteiger partial charge in [0.05, 0.1) is 10.4 Å². The third-order valence-corrected chi connectivity index (χ3v) is 4.83. The highest BCUT2D eigenvalue weighted by molar-refractivity contribution is 7.92. The van der Waals surface area contributed by atoms with Crippen LogP contribution in [0.1, 0.15) is 11.1 Å². The third kappa shape index (κ3) is 2.62. The highest BCUT2D eigenvalue weighted by Gasteiger charge is 2.19. The van der Waals surface area contributed by atoms with Gasteiger partial charge in [0.1, 0.15) is 0 Å². The summed E-state index contributed by atoms with van der Waals surface area (Å²) in [5, 5.41) is 0. The monoisotopic (exact) mass is 318 g/mol. The smallest absolute Gasteiger partial charge is 0.408 e. The number of sulfonamides is 1. The molecule has 0 saturated heterocycles. The fourth-order valence-corrected chi connectivity index (χ4v) is 3.51. The number of oxazole rings is 1. The molecule has 0 radical (unpaired) electrons. The van der Waals surface area contributed by atoms with E-state index in [0.717, 1.165) is 5.56 Å². The molecule has 22 heavy (non-hydrogen) atoms. The molecule has 0 aliphatic rings. The zero-order chi connectivity index (χ0) is 15.9. The van der Waals surface area contributed by atoms with Gasteiger partial charge < -0.3 is 4.42 Å². The number of H-pyrrole nitrogens is 1. The van der Waals surface area contributed by atoms with Crippen LogP contribution in [0, 0.1) is 13.8 Å². The van der Waals surface area contributed by atoms with Crippen LogP contribution in [0.3, 0.4) is 0 Å². The fourth-order valence-electron chi connectivity index (χ4n) is 2.21. The normalized spacial score (nSPS) is 11.7. The van der Waals surface area contributed by atoms with Crippen molar-refractivity contribution in [3.63, 3.8) is 0 Å². The van der Waals surface area contributed by atoms with Gasteiger partial charge in [-0.25, -0.2) is 13.2 Å². The van der Waals surface area contributed by atoms with Crippen molar-refractivity contribution in [1.82, 2.24) is 4.98 Å². The van der Waals surface area contributed by atoms with Gasteiger partial charge in [0.2, 0.25) is 0 Å². The number of fused-ring (bicyclic) bond motifs is 1. The molecule has 0 bridgehead atoms. The van der Waals surface area contributed by atoms with Crippen molar-refractivity contribution < 1.29 is 12.8 Å². The van der Waals surface area contributed by atoms with Crippen LogP contribution in [0.4, 0.5) is 5.69 Å². The molecule has 3 aromatic rings. The van der Waals surface area contributed by atoms with Crippen molar-refractivity contribution in [3.05, 3.63) is 58.1 Å². The van der Waals surface area contributed by atoms with Gasteiger partial charge in [-0.05, 0) is 37.6 Å². The van der Waals surface area contributed by atoms with E-state index in [0.29, 0.717) is 16.8 Å². The maximum absolute atomic E-state index is 12.5. The molecule has 0 saturated carbocycles. The molecule has 0 aliphatic carbocycles. The first kappa shape index (κ1) is 14.4. The van der Waals surface area contributed by atoms with Crippen LogP contribution >= 0.6 is 0 Å². The Morgan fingerprint density at radius 2 is 1.77 bits per heavy atom. The summed E-state index contributed by atoms with van der Waals surface area (Å²) in [6.07, 6.45) is 0. The van der Waals surface area contributed by atoms with Crippen LogP contribution in [-0.2, 0) is 10.0 Å². The summed E-state index contributed by atoms with van der Waals surface area (Å²) in [4.78, 5) is 13.8. The van der Waals surface area contributed by atoms with Crippen LogP contribution in [-0.4, -0.2) is 13.4 Å². The van der Waals surface area contributed by atoms with E-state index in [-0.39, 0.29) is 10.5 Å². The number of anilines is 1. The number of hydrogen-bond acceptors (Lipinski definition) is 4. The molecule has 114 valence electrons. The fraction of sp³-hybridized carbons (Fsp3) is 0.133. The van der Waals surface area contributed by atoms with Crippen molar-refractivity contribution in [2.45, 2.75) is 18.7 Å². The van der Waals surface area contributed by atoms with E-state index in [1.807, 2.05) is 19.1 Å². The predicted molar refractivity (Wildman–Crippen MR) is 83.6 cm³/mol. The van der Waals surface area contributed by atoms with Crippen molar-refractivity contribution in [2.75, 3.05) is 4.72 Å². The lowest BCUT2D eigenvalue weighted by Crippen LogP contribution is -2.14. The first-order chi connectivity index (χ1) is 10.3. The molecule has 6 nitrogen and oxygen atoms in total. The van der Waals surface area contributed by atoms with Gasteiger partial charge in [0, 0.05) is 11.8 Å². The molecule has 1 aromatic heterocycles. The predicted octanol–water partition coefficient (Wildman–Crippen LogP) is 2.54. The van der Waals surface area contributed by atoms with E-state index >= 15 is 0 Å². The van der Waals surface area contributed by atoms with E-state index in [2.05, 4.69) is 9.71 Å². The molecule has 0 unspecified atom stereocenters. The number of aromatic amines is 1. The van der Waals surface area contributed by atoms with Crippen LogP contribution in [0.25, 0.3) is 11.1 Å². The Labute approximate surface area is 126 Å². The average Bonchev–Trinajstić information content (AvgIpc) is 2.79.